The molecule has 1 aromatic heterocycles. The van der Waals surface area contributed by atoms with E-state index in [-0.39, 0.29) is 0 Å². The lowest BCUT2D eigenvalue weighted by Gasteiger charge is -2.25. The highest BCUT2D eigenvalue weighted by atomic mass is 14.9. The lowest BCUT2D eigenvalue weighted by molar-refractivity contribution is 0.323. The van der Waals surface area contributed by atoms with Gasteiger partial charge in [-0.05, 0) is 55.3 Å². The molecule has 2 nitrogen and oxygen atoms in total. The number of piperidine rings is 1. The summed E-state index contributed by atoms with van der Waals surface area (Å²) in [6.07, 6.45) is 7.05. The van der Waals surface area contributed by atoms with Crippen molar-refractivity contribution in [3.8, 4) is 0 Å². The van der Waals surface area contributed by atoms with E-state index in [0.717, 1.165) is 24.1 Å². The molecule has 2 aliphatic rings. The fourth-order valence-corrected chi connectivity index (χ4v) is 2.87. The van der Waals surface area contributed by atoms with Gasteiger partial charge in [-0.25, -0.2) is 0 Å². The molecular formula is C14H18N2. The number of hydrogen-bond donors (Lipinski definition) is 1. The van der Waals surface area contributed by atoms with E-state index in [1.807, 2.05) is 13.1 Å². The zero-order valence-electron chi connectivity index (χ0n) is 9.74. The number of nitrogens with one attached hydrogen (secondary N) is 1. The summed E-state index contributed by atoms with van der Waals surface area (Å²) in [6, 6.07) is 4.31. The molecule has 2 heterocycles. The van der Waals surface area contributed by atoms with E-state index < -0.39 is 0 Å². The molecule has 0 aromatic carbocycles. The number of pyridine rings is 1. The zero-order valence-corrected chi connectivity index (χ0v) is 9.74. The first-order valence-corrected chi connectivity index (χ1v) is 6.17. The van der Waals surface area contributed by atoms with Crippen molar-refractivity contribution in [3.05, 3.63) is 35.7 Å². The SMILES string of the molecule is Cc1ccc(C2=C[C@@H]3CNCC[C@@H]3C2)cn1. The summed E-state index contributed by atoms with van der Waals surface area (Å²) in [5.74, 6) is 1.63. The van der Waals surface area contributed by atoms with Crippen molar-refractivity contribution >= 4 is 5.57 Å². The second-order valence-electron chi connectivity index (χ2n) is 5.00. The molecule has 1 aromatic rings. The Kier molecular flexibility index (Phi) is 2.52. The summed E-state index contributed by atoms with van der Waals surface area (Å²) in [4.78, 5) is 4.38. The fourth-order valence-electron chi connectivity index (χ4n) is 2.87. The van der Waals surface area contributed by atoms with Gasteiger partial charge in [-0.1, -0.05) is 12.1 Å². The molecule has 1 aliphatic heterocycles. The second-order valence-corrected chi connectivity index (χ2v) is 5.00. The Bertz CT molecular complexity index is 405. The number of aryl methyl sites for hydroxylation is 1. The third-order valence-electron chi connectivity index (χ3n) is 3.86. The quantitative estimate of drug-likeness (QED) is 0.776. The van der Waals surface area contributed by atoms with Gasteiger partial charge in [0.15, 0.2) is 0 Å². The molecule has 0 spiro atoms. The number of hydrogen-bond acceptors (Lipinski definition) is 2. The summed E-state index contributed by atoms with van der Waals surface area (Å²) in [6.45, 7) is 4.39. The third kappa shape index (κ3) is 1.78. The van der Waals surface area contributed by atoms with E-state index in [1.54, 1.807) is 0 Å². The summed E-state index contributed by atoms with van der Waals surface area (Å²) in [5, 5.41) is 3.48. The number of allylic oxidation sites excluding steroid dienone is 1. The first kappa shape index (κ1) is 10.0. The van der Waals surface area contributed by atoms with Crippen LogP contribution in [-0.2, 0) is 0 Å². The lowest BCUT2D eigenvalue weighted by Crippen LogP contribution is -2.33. The average Bonchev–Trinajstić information content (AvgIpc) is 2.73. The molecular weight excluding hydrogens is 196 g/mol. The van der Waals surface area contributed by atoms with Crippen LogP contribution in [0.15, 0.2) is 24.4 Å². The summed E-state index contributed by atoms with van der Waals surface area (Å²) in [5.41, 5.74) is 3.92. The fraction of sp³-hybridized carbons (Fsp3) is 0.500. The Morgan fingerprint density at radius 2 is 2.31 bits per heavy atom. The third-order valence-corrected chi connectivity index (χ3v) is 3.86. The Hall–Kier alpha value is -1.15. The normalized spacial score (nSPS) is 28.7. The second kappa shape index (κ2) is 4.02. The molecule has 0 amide bonds. The van der Waals surface area contributed by atoms with Crippen LogP contribution >= 0.6 is 0 Å². The van der Waals surface area contributed by atoms with Gasteiger partial charge in [0.1, 0.15) is 0 Å². The predicted octanol–water partition coefficient (Wildman–Crippen LogP) is 2.40. The van der Waals surface area contributed by atoms with Crippen molar-refractivity contribution in [1.29, 1.82) is 0 Å². The molecule has 1 aliphatic carbocycles. The lowest BCUT2D eigenvalue weighted by atomic mass is 9.89. The standard InChI is InChI=1S/C14H18N2/c1-10-2-3-12(9-16-10)13-6-11-4-5-15-8-14(11)7-13/h2-3,7,9,11,14-15H,4-6,8H2,1H3/t11-,14-/m1/s1. The van der Waals surface area contributed by atoms with Crippen molar-refractivity contribution in [2.45, 2.75) is 19.8 Å². The van der Waals surface area contributed by atoms with Crippen molar-refractivity contribution in [2.75, 3.05) is 13.1 Å². The predicted molar refractivity (Wildman–Crippen MR) is 66.0 cm³/mol. The minimum atomic E-state index is 0.755. The summed E-state index contributed by atoms with van der Waals surface area (Å²) in [7, 11) is 0. The molecule has 16 heavy (non-hydrogen) atoms. The molecule has 0 unspecified atom stereocenters. The van der Waals surface area contributed by atoms with E-state index in [4.69, 9.17) is 0 Å². The van der Waals surface area contributed by atoms with Crippen LogP contribution in [0.3, 0.4) is 0 Å². The minimum absolute atomic E-state index is 0.755. The Labute approximate surface area is 96.8 Å². The van der Waals surface area contributed by atoms with Crippen LogP contribution in [0.25, 0.3) is 5.57 Å². The smallest absolute Gasteiger partial charge is 0.0373 e. The molecule has 0 saturated carbocycles. The van der Waals surface area contributed by atoms with Crippen LogP contribution < -0.4 is 5.32 Å². The van der Waals surface area contributed by atoms with Crippen LogP contribution in [0.4, 0.5) is 0 Å². The van der Waals surface area contributed by atoms with E-state index in [9.17, 15) is 0 Å². The summed E-state index contributed by atoms with van der Waals surface area (Å²) >= 11 is 0. The van der Waals surface area contributed by atoms with Crippen molar-refractivity contribution < 1.29 is 0 Å². The largest absolute Gasteiger partial charge is 0.316 e. The van der Waals surface area contributed by atoms with E-state index in [0.29, 0.717) is 0 Å². The van der Waals surface area contributed by atoms with Crippen LogP contribution in [0, 0.1) is 18.8 Å². The maximum absolute atomic E-state index is 4.38. The molecule has 3 rings (SSSR count). The van der Waals surface area contributed by atoms with E-state index >= 15 is 0 Å². The first-order valence-electron chi connectivity index (χ1n) is 6.17. The molecule has 2 atom stereocenters. The maximum atomic E-state index is 4.38. The van der Waals surface area contributed by atoms with Crippen LogP contribution in [0.1, 0.15) is 24.1 Å². The Morgan fingerprint density at radius 3 is 3.06 bits per heavy atom. The average molecular weight is 214 g/mol. The van der Waals surface area contributed by atoms with Gasteiger partial charge in [-0.2, -0.15) is 0 Å². The van der Waals surface area contributed by atoms with E-state index in [1.165, 1.54) is 30.5 Å². The number of rotatable bonds is 1. The highest BCUT2D eigenvalue weighted by molar-refractivity contribution is 5.67. The summed E-state index contributed by atoms with van der Waals surface area (Å²) < 4.78 is 0. The van der Waals surface area contributed by atoms with Gasteiger partial charge in [0.2, 0.25) is 0 Å². The number of fused-ring (bicyclic) bond motifs is 1. The van der Waals surface area contributed by atoms with Crippen molar-refractivity contribution in [3.63, 3.8) is 0 Å². The van der Waals surface area contributed by atoms with Crippen LogP contribution in [0.2, 0.25) is 0 Å². The topological polar surface area (TPSA) is 24.9 Å². The minimum Gasteiger partial charge on any atom is -0.316 e. The van der Waals surface area contributed by atoms with Gasteiger partial charge < -0.3 is 5.32 Å². The highest BCUT2D eigenvalue weighted by Crippen LogP contribution is 2.38. The van der Waals surface area contributed by atoms with Crippen LogP contribution in [0.5, 0.6) is 0 Å². The number of aromatic nitrogens is 1. The zero-order chi connectivity index (χ0) is 11.0. The molecule has 0 radical (unpaired) electrons. The van der Waals surface area contributed by atoms with Gasteiger partial charge in [0.25, 0.3) is 0 Å². The highest BCUT2D eigenvalue weighted by Gasteiger charge is 2.29. The van der Waals surface area contributed by atoms with Crippen molar-refractivity contribution in [1.82, 2.24) is 10.3 Å². The Morgan fingerprint density at radius 1 is 1.38 bits per heavy atom. The number of nitrogens with zero attached hydrogens (tertiary/aromatic N) is 1. The molecule has 84 valence electrons. The molecule has 1 fully saturated rings. The van der Waals surface area contributed by atoms with Gasteiger partial charge in [-0.15, -0.1) is 0 Å². The Balaban J connectivity index is 1.83. The van der Waals surface area contributed by atoms with Crippen LogP contribution in [-0.4, -0.2) is 18.1 Å². The molecule has 1 saturated heterocycles. The van der Waals surface area contributed by atoms with Gasteiger partial charge in [0, 0.05) is 18.4 Å². The van der Waals surface area contributed by atoms with Crippen molar-refractivity contribution in [2.24, 2.45) is 11.8 Å². The van der Waals surface area contributed by atoms with E-state index in [2.05, 4.69) is 28.5 Å². The molecule has 2 heteroatoms. The maximum Gasteiger partial charge on any atom is 0.0373 e. The first-order chi connectivity index (χ1) is 7.83. The van der Waals surface area contributed by atoms with Gasteiger partial charge >= 0.3 is 0 Å². The monoisotopic (exact) mass is 214 g/mol. The molecule has 1 N–H and O–H groups in total. The van der Waals surface area contributed by atoms with Gasteiger partial charge in [-0.3, -0.25) is 4.98 Å². The molecule has 0 bridgehead atoms. The van der Waals surface area contributed by atoms with Gasteiger partial charge in [0.05, 0.1) is 0 Å².